The monoisotopic (exact) mass is 565 g/mol. The molecule has 1 aliphatic heterocycles. The van der Waals surface area contributed by atoms with E-state index in [2.05, 4.69) is 10.6 Å². The second-order valence-electron chi connectivity index (χ2n) is 7.53. The van der Waals surface area contributed by atoms with E-state index in [-0.39, 0.29) is 42.3 Å². The number of hydrogen-bond donors (Lipinski definition) is 2. The number of benzene rings is 2. The molecular formula is C24H32IN5O3. The first kappa shape index (κ1) is 26.4. The van der Waals surface area contributed by atoms with E-state index < -0.39 is 0 Å². The van der Waals surface area contributed by atoms with Crippen LogP contribution in [0.4, 0.5) is 0 Å². The fourth-order valence-corrected chi connectivity index (χ4v) is 3.31. The molecule has 1 heterocycles. The largest absolute Gasteiger partial charge is 0.492 e. The Balaban J connectivity index is 0.00000385. The van der Waals surface area contributed by atoms with Crippen molar-refractivity contribution in [2.24, 2.45) is 4.99 Å². The summed E-state index contributed by atoms with van der Waals surface area (Å²) in [5.41, 5.74) is 1.58. The number of carbonyl (C=O) groups excluding carboxylic acids is 2. The lowest BCUT2D eigenvalue weighted by Crippen LogP contribution is -2.49. The standard InChI is InChI=1S/C24H31N5O3.HI/c1-3-25-24(28(2)15-16-32-21-7-5-4-6-8-21)27-17-19-9-11-20(12-10-19)23(31)29-14-13-26-22(30)18-29;/h4-12H,3,13-18H2,1-2H3,(H,25,27)(H,26,30);1H. The molecule has 2 N–H and O–H groups in total. The number of piperazine rings is 1. The van der Waals surface area contributed by atoms with E-state index in [0.717, 1.165) is 23.8 Å². The molecule has 2 amide bonds. The molecular weight excluding hydrogens is 533 g/mol. The zero-order valence-corrected chi connectivity index (χ0v) is 21.5. The molecule has 9 heteroatoms. The summed E-state index contributed by atoms with van der Waals surface area (Å²) in [7, 11) is 1.98. The van der Waals surface area contributed by atoms with Gasteiger partial charge in [0.25, 0.3) is 5.91 Å². The third-order valence-electron chi connectivity index (χ3n) is 5.07. The highest BCUT2D eigenvalue weighted by Crippen LogP contribution is 2.11. The summed E-state index contributed by atoms with van der Waals surface area (Å²) in [6.45, 7) is 5.67. The van der Waals surface area contributed by atoms with Crippen LogP contribution in [0.25, 0.3) is 0 Å². The number of guanidine groups is 1. The van der Waals surface area contributed by atoms with Crippen molar-refractivity contribution in [3.63, 3.8) is 0 Å². The van der Waals surface area contributed by atoms with Crippen molar-refractivity contribution < 1.29 is 14.3 Å². The Labute approximate surface area is 212 Å². The normalized spacial score (nSPS) is 13.6. The minimum absolute atomic E-state index is 0. The molecule has 0 radical (unpaired) electrons. The van der Waals surface area contributed by atoms with Crippen molar-refractivity contribution in [3.05, 3.63) is 65.7 Å². The summed E-state index contributed by atoms with van der Waals surface area (Å²) >= 11 is 0. The number of aliphatic imine (C=N–C) groups is 1. The van der Waals surface area contributed by atoms with Crippen LogP contribution in [0.3, 0.4) is 0 Å². The highest BCUT2D eigenvalue weighted by atomic mass is 127. The molecule has 0 aliphatic carbocycles. The van der Waals surface area contributed by atoms with Gasteiger partial charge in [0.1, 0.15) is 12.4 Å². The molecule has 0 atom stereocenters. The molecule has 178 valence electrons. The number of carbonyl (C=O) groups is 2. The van der Waals surface area contributed by atoms with Gasteiger partial charge in [-0.05, 0) is 36.8 Å². The first-order valence-electron chi connectivity index (χ1n) is 10.9. The summed E-state index contributed by atoms with van der Waals surface area (Å²) in [5.74, 6) is 1.40. The smallest absolute Gasteiger partial charge is 0.254 e. The van der Waals surface area contributed by atoms with Crippen LogP contribution in [-0.4, -0.2) is 74.0 Å². The van der Waals surface area contributed by atoms with Crippen LogP contribution >= 0.6 is 24.0 Å². The molecule has 0 spiro atoms. The molecule has 33 heavy (non-hydrogen) atoms. The van der Waals surface area contributed by atoms with Crippen LogP contribution in [0.5, 0.6) is 5.75 Å². The van der Waals surface area contributed by atoms with Crippen molar-refractivity contribution in [2.45, 2.75) is 13.5 Å². The SMILES string of the molecule is CCNC(=NCc1ccc(C(=O)N2CCNC(=O)C2)cc1)N(C)CCOc1ccccc1.I. The lowest BCUT2D eigenvalue weighted by Gasteiger charge is -2.26. The van der Waals surface area contributed by atoms with E-state index in [4.69, 9.17) is 9.73 Å². The summed E-state index contributed by atoms with van der Waals surface area (Å²) in [4.78, 5) is 32.4. The van der Waals surface area contributed by atoms with Gasteiger partial charge < -0.3 is 25.2 Å². The second-order valence-corrected chi connectivity index (χ2v) is 7.53. The number of likely N-dealkylation sites (N-methyl/N-ethyl adjacent to an activating group) is 1. The van der Waals surface area contributed by atoms with Crippen molar-refractivity contribution in [1.82, 2.24) is 20.4 Å². The quantitative estimate of drug-likeness (QED) is 0.292. The van der Waals surface area contributed by atoms with Crippen LogP contribution in [0, 0.1) is 0 Å². The highest BCUT2D eigenvalue weighted by Gasteiger charge is 2.22. The summed E-state index contributed by atoms with van der Waals surface area (Å²) in [6, 6.07) is 17.1. The maximum atomic E-state index is 12.6. The Morgan fingerprint density at radius 2 is 1.91 bits per heavy atom. The summed E-state index contributed by atoms with van der Waals surface area (Å²) in [6.07, 6.45) is 0. The average Bonchev–Trinajstić information content (AvgIpc) is 2.82. The Morgan fingerprint density at radius 3 is 2.58 bits per heavy atom. The fraction of sp³-hybridized carbons (Fsp3) is 0.375. The number of halogens is 1. The van der Waals surface area contributed by atoms with Gasteiger partial charge in [-0.2, -0.15) is 0 Å². The molecule has 0 unspecified atom stereocenters. The van der Waals surface area contributed by atoms with Crippen LogP contribution in [0.15, 0.2) is 59.6 Å². The predicted octanol–water partition coefficient (Wildman–Crippen LogP) is 2.35. The number of para-hydroxylation sites is 1. The van der Waals surface area contributed by atoms with Crippen LogP contribution in [-0.2, 0) is 11.3 Å². The third-order valence-corrected chi connectivity index (χ3v) is 5.07. The van der Waals surface area contributed by atoms with Gasteiger partial charge in [0.15, 0.2) is 5.96 Å². The minimum atomic E-state index is -0.124. The molecule has 0 bridgehead atoms. The van der Waals surface area contributed by atoms with E-state index in [0.29, 0.717) is 38.3 Å². The molecule has 2 aromatic carbocycles. The van der Waals surface area contributed by atoms with E-state index in [1.807, 2.05) is 61.3 Å². The first-order valence-corrected chi connectivity index (χ1v) is 10.9. The molecule has 8 nitrogen and oxygen atoms in total. The van der Waals surface area contributed by atoms with Gasteiger partial charge in [-0.3, -0.25) is 9.59 Å². The van der Waals surface area contributed by atoms with E-state index in [9.17, 15) is 9.59 Å². The first-order chi connectivity index (χ1) is 15.6. The molecule has 1 aliphatic rings. The van der Waals surface area contributed by atoms with Gasteiger partial charge in [0.05, 0.1) is 19.6 Å². The lowest BCUT2D eigenvalue weighted by molar-refractivity contribution is -0.123. The number of nitrogens with zero attached hydrogens (tertiary/aromatic N) is 3. The molecule has 3 rings (SSSR count). The van der Waals surface area contributed by atoms with Gasteiger partial charge >= 0.3 is 0 Å². The number of hydrogen-bond acceptors (Lipinski definition) is 4. The Hall–Kier alpha value is -2.82. The van der Waals surface area contributed by atoms with E-state index in [1.54, 1.807) is 17.0 Å². The van der Waals surface area contributed by atoms with Gasteiger partial charge in [-0.1, -0.05) is 30.3 Å². The maximum absolute atomic E-state index is 12.6. The average molecular weight is 565 g/mol. The van der Waals surface area contributed by atoms with Crippen molar-refractivity contribution in [2.75, 3.05) is 46.4 Å². The van der Waals surface area contributed by atoms with Crippen LogP contribution in [0.2, 0.25) is 0 Å². The molecule has 1 saturated heterocycles. The van der Waals surface area contributed by atoms with Crippen molar-refractivity contribution in [1.29, 1.82) is 0 Å². The number of rotatable bonds is 8. The highest BCUT2D eigenvalue weighted by molar-refractivity contribution is 14.0. The Morgan fingerprint density at radius 1 is 1.18 bits per heavy atom. The zero-order valence-electron chi connectivity index (χ0n) is 19.1. The van der Waals surface area contributed by atoms with Gasteiger partial charge in [0.2, 0.25) is 5.91 Å². The summed E-state index contributed by atoms with van der Waals surface area (Å²) < 4.78 is 5.77. The van der Waals surface area contributed by atoms with Crippen molar-refractivity contribution >= 4 is 41.8 Å². The second kappa shape index (κ2) is 13.7. The van der Waals surface area contributed by atoms with Crippen LogP contribution in [0.1, 0.15) is 22.8 Å². The predicted molar refractivity (Wildman–Crippen MR) is 140 cm³/mol. The van der Waals surface area contributed by atoms with Crippen molar-refractivity contribution in [3.8, 4) is 5.75 Å². The topological polar surface area (TPSA) is 86.3 Å². The minimum Gasteiger partial charge on any atom is -0.492 e. The zero-order chi connectivity index (χ0) is 22.8. The number of ether oxygens (including phenoxy) is 1. The number of nitrogens with one attached hydrogen (secondary N) is 2. The van der Waals surface area contributed by atoms with Gasteiger partial charge in [-0.25, -0.2) is 4.99 Å². The van der Waals surface area contributed by atoms with Gasteiger partial charge in [-0.15, -0.1) is 24.0 Å². The third kappa shape index (κ3) is 8.23. The van der Waals surface area contributed by atoms with E-state index >= 15 is 0 Å². The van der Waals surface area contributed by atoms with Gasteiger partial charge in [0, 0.05) is 32.2 Å². The van der Waals surface area contributed by atoms with Crippen LogP contribution < -0.4 is 15.4 Å². The fourth-order valence-electron chi connectivity index (χ4n) is 3.31. The number of amides is 2. The maximum Gasteiger partial charge on any atom is 0.254 e. The molecule has 1 fully saturated rings. The lowest BCUT2D eigenvalue weighted by atomic mass is 10.1. The Kier molecular flexibility index (Phi) is 10.9. The van der Waals surface area contributed by atoms with E-state index in [1.165, 1.54) is 0 Å². The summed E-state index contributed by atoms with van der Waals surface area (Å²) in [5, 5.41) is 6.03. The molecule has 2 aromatic rings. The molecule has 0 saturated carbocycles. The Bertz CT molecular complexity index is 921. The molecule has 0 aromatic heterocycles.